The quantitative estimate of drug-likeness (QED) is 0.836. The smallest absolute Gasteiger partial charge is 0.253 e. The van der Waals surface area contributed by atoms with Crippen LogP contribution in [0, 0.1) is 18.6 Å². The Morgan fingerprint density at radius 1 is 1.27 bits per heavy atom. The molecule has 1 saturated heterocycles. The van der Waals surface area contributed by atoms with E-state index in [9.17, 15) is 13.6 Å². The Morgan fingerprint density at radius 3 is 2.65 bits per heavy atom. The van der Waals surface area contributed by atoms with Crippen LogP contribution in [0.5, 0.6) is 0 Å². The Bertz CT molecular complexity index is 902. The maximum Gasteiger partial charge on any atom is 0.253 e. The van der Waals surface area contributed by atoms with Crippen molar-refractivity contribution in [1.29, 1.82) is 0 Å². The predicted molar refractivity (Wildman–Crippen MR) is 99.7 cm³/mol. The monoisotopic (exact) mass is 375 g/mol. The third-order valence-corrected chi connectivity index (χ3v) is 4.83. The molecule has 1 atom stereocenters. The molecule has 136 valence electrons. The molecule has 0 saturated carbocycles. The van der Waals surface area contributed by atoms with Gasteiger partial charge in [-0.25, -0.2) is 8.78 Å². The van der Waals surface area contributed by atoms with Crippen molar-refractivity contribution in [2.45, 2.75) is 26.3 Å². The van der Waals surface area contributed by atoms with Crippen LogP contribution in [0.3, 0.4) is 0 Å². The molecule has 7 heteroatoms. The van der Waals surface area contributed by atoms with Crippen LogP contribution in [0.4, 0.5) is 8.78 Å². The standard InChI is InChI=1S/C19H19F2N3OS/c1-4-24-10-17(26)23-19(3,18(24)25)14-6-13(15(20)7-16(14)21)12-5-11(2)8-22-9-12/h5-9H,4,10H2,1-3H3,(H,23,26). The molecule has 1 fully saturated rings. The minimum Gasteiger partial charge on any atom is -0.361 e. The number of pyridine rings is 1. The first-order valence-corrected chi connectivity index (χ1v) is 8.69. The van der Waals surface area contributed by atoms with Crippen molar-refractivity contribution in [3.8, 4) is 11.1 Å². The number of likely N-dealkylation sites (N-methyl/N-ethyl adjacent to an activating group) is 1. The molecular weight excluding hydrogens is 356 g/mol. The lowest BCUT2D eigenvalue weighted by molar-refractivity contribution is -0.138. The van der Waals surface area contributed by atoms with Crippen LogP contribution in [-0.2, 0) is 10.3 Å². The van der Waals surface area contributed by atoms with E-state index in [4.69, 9.17) is 12.2 Å². The van der Waals surface area contributed by atoms with Crippen LogP contribution in [-0.4, -0.2) is 33.9 Å². The number of benzene rings is 1. The maximum atomic E-state index is 14.7. The molecule has 1 amide bonds. The molecular formula is C19H19F2N3OS. The topological polar surface area (TPSA) is 45.2 Å². The number of carbonyl (C=O) groups excluding carboxylic acids is 1. The first-order chi connectivity index (χ1) is 12.3. The summed E-state index contributed by atoms with van der Waals surface area (Å²) >= 11 is 5.25. The van der Waals surface area contributed by atoms with Crippen molar-refractivity contribution in [2.75, 3.05) is 13.1 Å². The van der Waals surface area contributed by atoms with Crippen molar-refractivity contribution in [3.63, 3.8) is 0 Å². The predicted octanol–water partition coefficient (Wildman–Crippen LogP) is 3.33. The van der Waals surface area contributed by atoms with E-state index in [1.807, 2.05) is 13.8 Å². The molecule has 0 aliphatic carbocycles. The van der Waals surface area contributed by atoms with Gasteiger partial charge < -0.3 is 10.2 Å². The van der Waals surface area contributed by atoms with E-state index in [2.05, 4.69) is 10.3 Å². The Morgan fingerprint density at radius 2 is 2.00 bits per heavy atom. The molecule has 1 aliphatic rings. The van der Waals surface area contributed by atoms with Crippen molar-refractivity contribution >= 4 is 23.1 Å². The third kappa shape index (κ3) is 3.07. The Balaban J connectivity index is 2.17. The molecule has 1 aliphatic heterocycles. The van der Waals surface area contributed by atoms with Gasteiger partial charge in [0.1, 0.15) is 17.2 Å². The van der Waals surface area contributed by atoms with E-state index in [-0.39, 0.29) is 23.6 Å². The number of carbonyl (C=O) groups is 1. The fraction of sp³-hybridized carbons (Fsp3) is 0.316. The van der Waals surface area contributed by atoms with Crippen LogP contribution < -0.4 is 5.32 Å². The lowest BCUT2D eigenvalue weighted by Gasteiger charge is -2.41. The second kappa shape index (κ2) is 6.72. The second-order valence-electron chi connectivity index (χ2n) is 6.56. The Kier molecular flexibility index (Phi) is 4.75. The first-order valence-electron chi connectivity index (χ1n) is 8.28. The summed E-state index contributed by atoms with van der Waals surface area (Å²) < 4.78 is 29.1. The lowest BCUT2D eigenvalue weighted by atomic mass is 9.86. The zero-order valence-electron chi connectivity index (χ0n) is 14.8. The molecule has 1 aromatic heterocycles. The van der Waals surface area contributed by atoms with E-state index in [1.54, 1.807) is 24.1 Å². The SMILES string of the molecule is CCN1CC(=S)NC(C)(c2cc(-c3cncc(C)c3)c(F)cc2F)C1=O. The minimum atomic E-state index is -1.39. The number of piperazine rings is 1. The summed E-state index contributed by atoms with van der Waals surface area (Å²) in [6, 6.07) is 3.93. The molecule has 1 unspecified atom stereocenters. The number of rotatable bonds is 3. The maximum absolute atomic E-state index is 14.7. The van der Waals surface area contributed by atoms with Gasteiger partial charge in [0.15, 0.2) is 0 Å². The van der Waals surface area contributed by atoms with Crippen LogP contribution >= 0.6 is 12.2 Å². The van der Waals surface area contributed by atoms with E-state index < -0.39 is 17.2 Å². The van der Waals surface area contributed by atoms with Crippen LogP contribution in [0.25, 0.3) is 11.1 Å². The highest BCUT2D eigenvalue weighted by molar-refractivity contribution is 7.80. The molecule has 4 nitrogen and oxygen atoms in total. The highest BCUT2D eigenvalue weighted by Gasteiger charge is 2.44. The molecule has 3 rings (SSSR count). The van der Waals surface area contributed by atoms with Gasteiger partial charge in [-0.3, -0.25) is 9.78 Å². The van der Waals surface area contributed by atoms with Crippen LogP contribution in [0.2, 0.25) is 0 Å². The fourth-order valence-electron chi connectivity index (χ4n) is 3.23. The van der Waals surface area contributed by atoms with E-state index in [0.29, 0.717) is 17.1 Å². The lowest BCUT2D eigenvalue weighted by Crippen LogP contribution is -2.62. The van der Waals surface area contributed by atoms with E-state index in [0.717, 1.165) is 11.6 Å². The molecule has 1 aromatic carbocycles. The summed E-state index contributed by atoms with van der Waals surface area (Å²) in [6.45, 7) is 5.98. The zero-order valence-corrected chi connectivity index (χ0v) is 15.6. The Labute approximate surface area is 156 Å². The van der Waals surface area contributed by atoms with Gasteiger partial charge in [-0.1, -0.05) is 12.2 Å². The normalized spacial score (nSPS) is 20.3. The van der Waals surface area contributed by atoms with Gasteiger partial charge in [0.2, 0.25) is 0 Å². The van der Waals surface area contributed by atoms with Gasteiger partial charge in [-0.2, -0.15) is 0 Å². The number of thiocarbonyl (C=S) groups is 1. The zero-order chi connectivity index (χ0) is 19.1. The molecule has 2 heterocycles. The molecule has 1 N–H and O–H groups in total. The van der Waals surface area contributed by atoms with Crippen LogP contribution in [0.1, 0.15) is 25.0 Å². The highest BCUT2D eigenvalue weighted by Crippen LogP contribution is 2.34. The number of amides is 1. The van der Waals surface area contributed by atoms with Gasteiger partial charge in [0.25, 0.3) is 5.91 Å². The molecule has 26 heavy (non-hydrogen) atoms. The van der Waals surface area contributed by atoms with Gasteiger partial charge in [-0.15, -0.1) is 0 Å². The second-order valence-corrected chi connectivity index (χ2v) is 7.05. The average Bonchev–Trinajstić information content (AvgIpc) is 2.58. The molecule has 0 radical (unpaired) electrons. The van der Waals surface area contributed by atoms with Gasteiger partial charge in [-0.05, 0) is 38.5 Å². The first kappa shape index (κ1) is 18.4. The van der Waals surface area contributed by atoms with E-state index in [1.165, 1.54) is 12.3 Å². The van der Waals surface area contributed by atoms with Crippen molar-refractivity contribution in [1.82, 2.24) is 15.2 Å². The number of aryl methyl sites for hydroxylation is 1. The number of nitrogens with one attached hydrogen (secondary N) is 1. The number of hydrogen-bond acceptors (Lipinski definition) is 3. The van der Waals surface area contributed by atoms with Crippen molar-refractivity contribution in [2.24, 2.45) is 0 Å². The van der Waals surface area contributed by atoms with E-state index >= 15 is 0 Å². The van der Waals surface area contributed by atoms with Gasteiger partial charge >= 0.3 is 0 Å². The summed E-state index contributed by atoms with van der Waals surface area (Å²) in [4.78, 5) is 19.0. The fourth-order valence-corrected chi connectivity index (χ4v) is 3.59. The summed E-state index contributed by atoms with van der Waals surface area (Å²) in [5.41, 5.74) is 0.221. The molecule has 0 bridgehead atoms. The summed E-state index contributed by atoms with van der Waals surface area (Å²) in [5, 5.41) is 2.94. The molecule has 2 aromatic rings. The summed E-state index contributed by atoms with van der Waals surface area (Å²) in [7, 11) is 0. The molecule has 0 spiro atoms. The highest BCUT2D eigenvalue weighted by atomic mass is 32.1. The van der Waals surface area contributed by atoms with Gasteiger partial charge in [0.05, 0.1) is 11.5 Å². The summed E-state index contributed by atoms with van der Waals surface area (Å²) in [5.74, 6) is -1.80. The minimum absolute atomic E-state index is 0.0564. The number of nitrogens with zero attached hydrogens (tertiary/aromatic N) is 2. The number of halogens is 2. The van der Waals surface area contributed by atoms with Crippen LogP contribution in [0.15, 0.2) is 30.6 Å². The van der Waals surface area contributed by atoms with Gasteiger partial charge in [0, 0.05) is 41.7 Å². The largest absolute Gasteiger partial charge is 0.361 e. The van der Waals surface area contributed by atoms with Crippen molar-refractivity contribution < 1.29 is 13.6 Å². The average molecular weight is 375 g/mol. The Hall–Kier alpha value is -2.41. The van der Waals surface area contributed by atoms with Crippen molar-refractivity contribution in [3.05, 3.63) is 53.4 Å². The number of aromatic nitrogens is 1. The third-order valence-electron chi connectivity index (χ3n) is 4.60. The summed E-state index contributed by atoms with van der Waals surface area (Å²) in [6.07, 6.45) is 3.16. The number of hydrogen-bond donors (Lipinski definition) is 1.